The molecule has 1 aromatic carbocycles. The lowest BCUT2D eigenvalue weighted by atomic mass is 10.2. The second kappa shape index (κ2) is 9.30. The predicted octanol–water partition coefficient (Wildman–Crippen LogP) is 4.27. The molecule has 130 valence electrons. The lowest BCUT2D eigenvalue weighted by Crippen LogP contribution is -2.10. The zero-order chi connectivity index (χ0) is 18.3. The van der Waals surface area contributed by atoms with Gasteiger partial charge in [-0.2, -0.15) is 0 Å². The molecule has 0 fully saturated rings. The van der Waals surface area contributed by atoms with Crippen molar-refractivity contribution in [2.75, 3.05) is 13.2 Å². The SMILES string of the molecule is CCOC(=O)C(C=Nc1cc(Cl)cc(C(=O)OCC)c1Cl)=C(C)O. The van der Waals surface area contributed by atoms with Crippen LogP contribution in [0.3, 0.4) is 0 Å². The Morgan fingerprint density at radius 2 is 1.83 bits per heavy atom. The van der Waals surface area contributed by atoms with Gasteiger partial charge >= 0.3 is 11.9 Å². The van der Waals surface area contributed by atoms with Crippen LogP contribution in [0.4, 0.5) is 5.69 Å². The van der Waals surface area contributed by atoms with Crippen LogP contribution in [0.5, 0.6) is 0 Å². The molecule has 0 unspecified atom stereocenters. The molecule has 0 aromatic heterocycles. The van der Waals surface area contributed by atoms with Gasteiger partial charge in [0, 0.05) is 11.2 Å². The first-order chi connectivity index (χ1) is 11.3. The molecule has 0 bridgehead atoms. The van der Waals surface area contributed by atoms with Gasteiger partial charge in [0.15, 0.2) is 0 Å². The van der Waals surface area contributed by atoms with Crippen LogP contribution in [0.1, 0.15) is 31.1 Å². The summed E-state index contributed by atoms with van der Waals surface area (Å²) in [5.74, 6) is -1.63. The summed E-state index contributed by atoms with van der Waals surface area (Å²) in [6.45, 7) is 4.95. The molecule has 0 aliphatic rings. The number of halogens is 2. The van der Waals surface area contributed by atoms with E-state index in [-0.39, 0.29) is 45.8 Å². The largest absolute Gasteiger partial charge is 0.512 e. The van der Waals surface area contributed by atoms with Crippen molar-refractivity contribution in [3.8, 4) is 0 Å². The van der Waals surface area contributed by atoms with E-state index in [1.165, 1.54) is 19.1 Å². The Labute approximate surface area is 149 Å². The molecule has 1 N–H and O–H groups in total. The molecule has 0 saturated carbocycles. The number of allylic oxidation sites excluding steroid dienone is 1. The van der Waals surface area contributed by atoms with Crippen LogP contribution in [-0.4, -0.2) is 36.5 Å². The Kier molecular flexibility index (Phi) is 7.74. The van der Waals surface area contributed by atoms with Crippen molar-refractivity contribution in [1.29, 1.82) is 0 Å². The third kappa shape index (κ3) is 5.25. The average Bonchev–Trinajstić information content (AvgIpc) is 2.50. The molecule has 0 atom stereocenters. The third-order valence-electron chi connectivity index (χ3n) is 2.73. The minimum absolute atomic E-state index is 0.0212. The number of ether oxygens (including phenoxy) is 2. The van der Waals surface area contributed by atoms with E-state index in [1.807, 2.05) is 0 Å². The lowest BCUT2D eigenvalue weighted by Gasteiger charge is -2.08. The van der Waals surface area contributed by atoms with E-state index in [0.717, 1.165) is 6.21 Å². The molecule has 0 aliphatic carbocycles. The van der Waals surface area contributed by atoms with Gasteiger partial charge < -0.3 is 14.6 Å². The Morgan fingerprint density at radius 1 is 1.21 bits per heavy atom. The molecule has 0 amide bonds. The molecule has 0 radical (unpaired) electrons. The fourth-order valence-corrected chi connectivity index (χ4v) is 2.11. The fourth-order valence-electron chi connectivity index (χ4n) is 1.66. The summed E-state index contributed by atoms with van der Waals surface area (Å²) in [4.78, 5) is 27.6. The Morgan fingerprint density at radius 3 is 2.38 bits per heavy atom. The summed E-state index contributed by atoms with van der Waals surface area (Å²) < 4.78 is 9.72. The molecule has 0 spiro atoms. The number of carbonyl (C=O) groups excluding carboxylic acids is 2. The van der Waals surface area contributed by atoms with Crippen molar-refractivity contribution in [3.05, 3.63) is 39.1 Å². The van der Waals surface area contributed by atoms with Gasteiger partial charge in [0.1, 0.15) is 11.3 Å². The van der Waals surface area contributed by atoms with Gasteiger partial charge in [-0.15, -0.1) is 0 Å². The molecular formula is C16H17Cl2NO5. The highest BCUT2D eigenvalue weighted by atomic mass is 35.5. The zero-order valence-corrected chi connectivity index (χ0v) is 14.9. The number of hydrogen-bond acceptors (Lipinski definition) is 6. The van der Waals surface area contributed by atoms with Crippen LogP contribution in [0.15, 0.2) is 28.5 Å². The van der Waals surface area contributed by atoms with Crippen LogP contribution in [0, 0.1) is 0 Å². The first-order valence-corrected chi connectivity index (χ1v) is 7.84. The van der Waals surface area contributed by atoms with Crippen LogP contribution in [0.25, 0.3) is 0 Å². The maximum absolute atomic E-state index is 11.9. The van der Waals surface area contributed by atoms with Gasteiger partial charge in [0.05, 0.1) is 29.5 Å². The van der Waals surface area contributed by atoms with Crippen molar-refractivity contribution in [1.82, 2.24) is 0 Å². The van der Waals surface area contributed by atoms with Crippen molar-refractivity contribution >= 4 is 47.0 Å². The molecule has 24 heavy (non-hydrogen) atoms. The Hall–Kier alpha value is -2.05. The number of esters is 2. The van der Waals surface area contributed by atoms with Crippen molar-refractivity contribution in [2.24, 2.45) is 4.99 Å². The summed E-state index contributed by atoms with van der Waals surface area (Å²) >= 11 is 12.1. The minimum Gasteiger partial charge on any atom is -0.512 e. The zero-order valence-electron chi connectivity index (χ0n) is 13.4. The highest BCUT2D eigenvalue weighted by Crippen LogP contribution is 2.33. The standard InChI is InChI=1S/C16H17Cl2NO5/c1-4-23-15(21)11-6-10(17)7-13(14(11)18)19-8-12(9(3)20)16(22)24-5-2/h6-8,20H,4-5H2,1-3H3. The summed E-state index contributed by atoms with van der Waals surface area (Å²) in [5.41, 5.74) is 0.0707. The molecular weight excluding hydrogens is 357 g/mol. The van der Waals surface area contributed by atoms with Crippen LogP contribution >= 0.6 is 23.2 Å². The van der Waals surface area contributed by atoms with Gasteiger partial charge in [-0.1, -0.05) is 23.2 Å². The van der Waals surface area contributed by atoms with Crippen LogP contribution in [0.2, 0.25) is 10.0 Å². The first-order valence-electron chi connectivity index (χ1n) is 7.08. The highest BCUT2D eigenvalue weighted by Gasteiger charge is 2.17. The molecule has 0 saturated heterocycles. The smallest absolute Gasteiger partial charge is 0.343 e. The summed E-state index contributed by atoms with van der Waals surface area (Å²) in [6, 6.07) is 2.78. The van der Waals surface area contributed by atoms with E-state index in [9.17, 15) is 14.7 Å². The summed E-state index contributed by atoms with van der Waals surface area (Å²) in [6.07, 6.45) is 1.10. The normalized spacial score (nSPS) is 12.0. The molecule has 0 heterocycles. The van der Waals surface area contributed by atoms with Crippen molar-refractivity contribution < 1.29 is 24.2 Å². The monoisotopic (exact) mass is 373 g/mol. The second-order valence-electron chi connectivity index (χ2n) is 4.48. The molecule has 0 aliphatic heterocycles. The molecule has 6 nitrogen and oxygen atoms in total. The molecule has 8 heteroatoms. The fraction of sp³-hybridized carbons (Fsp3) is 0.312. The van der Waals surface area contributed by atoms with E-state index in [2.05, 4.69) is 4.99 Å². The van der Waals surface area contributed by atoms with Gasteiger partial charge in [-0.25, -0.2) is 9.59 Å². The number of hydrogen-bond donors (Lipinski definition) is 1. The quantitative estimate of drug-likeness (QED) is 0.348. The molecule has 1 aromatic rings. The third-order valence-corrected chi connectivity index (χ3v) is 3.35. The number of benzene rings is 1. The van der Waals surface area contributed by atoms with Gasteiger partial charge in [0.25, 0.3) is 0 Å². The first kappa shape index (κ1) is 20.0. The number of aliphatic hydroxyl groups excluding tert-OH is 1. The topological polar surface area (TPSA) is 85.2 Å². The Balaban J connectivity index is 3.25. The minimum atomic E-state index is -0.731. The Bertz CT molecular complexity index is 694. The maximum Gasteiger partial charge on any atom is 0.343 e. The van der Waals surface area contributed by atoms with Gasteiger partial charge in [-0.3, -0.25) is 4.99 Å². The van der Waals surface area contributed by atoms with E-state index in [1.54, 1.807) is 13.8 Å². The summed E-state index contributed by atoms with van der Waals surface area (Å²) in [7, 11) is 0. The number of aliphatic imine (C=N–C) groups is 1. The van der Waals surface area contributed by atoms with Crippen molar-refractivity contribution in [3.63, 3.8) is 0 Å². The molecule has 1 rings (SSSR count). The van der Waals surface area contributed by atoms with Gasteiger partial charge in [0.2, 0.25) is 0 Å². The number of carbonyl (C=O) groups is 2. The second-order valence-corrected chi connectivity index (χ2v) is 5.30. The van der Waals surface area contributed by atoms with Crippen LogP contribution < -0.4 is 0 Å². The van der Waals surface area contributed by atoms with Gasteiger partial charge in [-0.05, 0) is 32.9 Å². The van der Waals surface area contributed by atoms with E-state index >= 15 is 0 Å². The number of aliphatic hydroxyl groups is 1. The van der Waals surface area contributed by atoms with Crippen molar-refractivity contribution in [2.45, 2.75) is 20.8 Å². The van der Waals surface area contributed by atoms with E-state index in [4.69, 9.17) is 32.7 Å². The lowest BCUT2D eigenvalue weighted by molar-refractivity contribution is -0.138. The van der Waals surface area contributed by atoms with Crippen LogP contribution in [-0.2, 0) is 14.3 Å². The number of nitrogens with zero attached hydrogens (tertiary/aromatic N) is 1. The number of rotatable bonds is 6. The van der Waals surface area contributed by atoms with E-state index in [0.29, 0.717) is 0 Å². The van der Waals surface area contributed by atoms with E-state index < -0.39 is 11.9 Å². The maximum atomic E-state index is 11.9. The summed E-state index contributed by atoms with van der Waals surface area (Å²) in [5, 5.41) is 9.82. The average molecular weight is 374 g/mol. The highest BCUT2D eigenvalue weighted by molar-refractivity contribution is 6.38. The predicted molar refractivity (Wildman–Crippen MR) is 92.5 cm³/mol.